The standard InChI is InChI=1S/C17H34N2/c1-4-5-6-7-8-11-19-13-16(14(2)3)18-12-17(19)15-9-10-15/h14-18H,4-13H2,1-3H3. The van der Waals surface area contributed by atoms with Crippen LogP contribution in [-0.4, -0.2) is 36.6 Å². The summed E-state index contributed by atoms with van der Waals surface area (Å²) in [6.07, 6.45) is 10.0. The number of piperazine rings is 1. The minimum absolute atomic E-state index is 0.714. The second kappa shape index (κ2) is 7.64. The van der Waals surface area contributed by atoms with Crippen LogP contribution in [0.2, 0.25) is 0 Å². The minimum atomic E-state index is 0.714. The quantitative estimate of drug-likeness (QED) is 0.674. The normalized spacial score (nSPS) is 29.1. The van der Waals surface area contributed by atoms with E-state index in [1.807, 2.05) is 0 Å². The third-order valence-corrected chi connectivity index (χ3v) is 5.01. The maximum atomic E-state index is 3.79. The monoisotopic (exact) mass is 266 g/mol. The summed E-state index contributed by atoms with van der Waals surface area (Å²) in [5.74, 6) is 1.78. The van der Waals surface area contributed by atoms with Crippen molar-refractivity contribution in [3.05, 3.63) is 0 Å². The summed E-state index contributed by atoms with van der Waals surface area (Å²) in [6, 6.07) is 1.56. The number of nitrogens with zero attached hydrogens (tertiary/aromatic N) is 1. The smallest absolute Gasteiger partial charge is 0.0249 e. The predicted molar refractivity (Wildman–Crippen MR) is 83.5 cm³/mol. The number of nitrogens with one attached hydrogen (secondary N) is 1. The van der Waals surface area contributed by atoms with Crippen LogP contribution in [0.15, 0.2) is 0 Å². The molecule has 0 amide bonds. The highest BCUT2D eigenvalue weighted by Crippen LogP contribution is 2.36. The van der Waals surface area contributed by atoms with Crippen molar-refractivity contribution >= 4 is 0 Å². The third-order valence-electron chi connectivity index (χ3n) is 5.01. The molecule has 2 atom stereocenters. The first kappa shape index (κ1) is 15.3. The molecule has 2 rings (SSSR count). The van der Waals surface area contributed by atoms with E-state index in [2.05, 4.69) is 31.0 Å². The Morgan fingerprint density at radius 2 is 1.84 bits per heavy atom. The molecular formula is C17H34N2. The van der Waals surface area contributed by atoms with Crippen molar-refractivity contribution in [1.29, 1.82) is 0 Å². The minimum Gasteiger partial charge on any atom is -0.311 e. The Morgan fingerprint density at radius 1 is 1.11 bits per heavy atom. The van der Waals surface area contributed by atoms with Crippen molar-refractivity contribution in [1.82, 2.24) is 10.2 Å². The van der Waals surface area contributed by atoms with Crippen LogP contribution in [0.5, 0.6) is 0 Å². The summed E-state index contributed by atoms with van der Waals surface area (Å²) in [4.78, 5) is 2.82. The highest BCUT2D eigenvalue weighted by Gasteiger charge is 2.38. The van der Waals surface area contributed by atoms with Crippen molar-refractivity contribution in [3.63, 3.8) is 0 Å². The van der Waals surface area contributed by atoms with Gasteiger partial charge in [0.2, 0.25) is 0 Å². The van der Waals surface area contributed by atoms with Gasteiger partial charge in [-0.2, -0.15) is 0 Å². The maximum absolute atomic E-state index is 3.79. The Bertz CT molecular complexity index is 248. The average Bonchev–Trinajstić information content (AvgIpc) is 3.22. The lowest BCUT2D eigenvalue weighted by Crippen LogP contribution is -2.58. The van der Waals surface area contributed by atoms with Crippen LogP contribution in [0.4, 0.5) is 0 Å². The molecule has 0 aromatic carbocycles. The van der Waals surface area contributed by atoms with Crippen molar-refractivity contribution < 1.29 is 0 Å². The highest BCUT2D eigenvalue weighted by molar-refractivity contribution is 4.95. The summed E-state index contributed by atoms with van der Waals surface area (Å²) >= 11 is 0. The SMILES string of the molecule is CCCCCCCN1CC(C(C)C)NCC1C1CC1. The van der Waals surface area contributed by atoms with E-state index in [1.54, 1.807) is 0 Å². The fraction of sp³-hybridized carbons (Fsp3) is 1.00. The van der Waals surface area contributed by atoms with Crippen LogP contribution >= 0.6 is 0 Å². The van der Waals surface area contributed by atoms with E-state index in [9.17, 15) is 0 Å². The van der Waals surface area contributed by atoms with Gasteiger partial charge in [0, 0.05) is 25.2 Å². The van der Waals surface area contributed by atoms with Crippen molar-refractivity contribution in [2.24, 2.45) is 11.8 Å². The fourth-order valence-electron chi connectivity index (χ4n) is 3.42. The van der Waals surface area contributed by atoms with E-state index < -0.39 is 0 Å². The van der Waals surface area contributed by atoms with E-state index in [4.69, 9.17) is 0 Å². The summed E-state index contributed by atoms with van der Waals surface area (Å²) < 4.78 is 0. The summed E-state index contributed by atoms with van der Waals surface area (Å²) in [6.45, 7) is 10.9. The first-order valence-electron chi connectivity index (χ1n) is 8.69. The third kappa shape index (κ3) is 4.75. The zero-order chi connectivity index (χ0) is 13.7. The van der Waals surface area contributed by atoms with Crippen LogP contribution in [0.25, 0.3) is 0 Å². The molecule has 1 N–H and O–H groups in total. The van der Waals surface area contributed by atoms with Gasteiger partial charge in [0.15, 0.2) is 0 Å². The zero-order valence-electron chi connectivity index (χ0n) is 13.3. The van der Waals surface area contributed by atoms with Crippen molar-refractivity contribution in [2.45, 2.75) is 77.8 Å². The highest BCUT2D eigenvalue weighted by atomic mass is 15.2. The Balaban J connectivity index is 1.75. The number of hydrogen-bond acceptors (Lipinski definition) is 2. The molecule has 0 spiro atoms. The Morgan fingerprint density at radius 3 is 2.47 bits per heavy atom. The van der Waals surface area contributed by atoms with Crippen LogP contribution in [0.3, 0.4) is 0 Å². The summed E-state index contributed by atoms with van der Waals surface area (Å²) in [5.41, 5.74) is 0. The summed E-state index contributed by atoms with van der Waals surface area (Å²) in [7, 11) is 0. The molecule has 1 aliphatic heterocycles. The van der Waals surface area contributed by atoms with Gasteiger partial charge in [-0.25, -0.2) is 0 Å². The van der Waals surface area contributed by atoms with Gasteiger partial charge in [-0.05, 0) is 37.6 Å². The Labute approximate surface area is 120 Å². The van der Waals surface area contributed by atoms with Crippen molar-refractivity contribution in [2.75, 3.05) is 19.6 Å². The molecule has 2 heteroatoms. The van der Waals surface area contributed by atoms with Gasteiger partial charge in [0.1, 0.15) is 0 Å². The molecule has 19 heavy (non-hydrogen) atoms. The van der Waals surface area contributed by atoms with Gasteiger partial charge in [0.05, 0.1) is 0 Å². The molecule has 2 unspecified atom stereocenters. The fourth-order valence-corrected chi connectivity index (χ4v) is 3.42. The molecule has 1 saturated carbocycles. The molecule has 0 aromatic rings. The van der Waals surface area contributed by atoms with Crippen LogP contribution < -0.4 is 5.32 Å². The van der Waals surface area contributed by atoms with Crippen molar-refractivity contribution in [3.8, 4) is 0 Å². The molecule has 0 bridgehead atoms. The van der Waals surface area contributed by atoms with E-state index in [0.717, 1.165) is 17.9 Å². The summed E-state index contributed by atoms with van der Waals surface area (Å²) in [5, 5.41) is 3.79. The molecule has 1 aliphatic carbocycles. The van der Waals surface area contributed by atoms with Gasteiger partial charge < -0.3 is 5.32 Å². The molecule has 1 saturated heterocycles. The Kier molecular flexibility index (Phi) is 6.15. The lowest BCUT2D eigenvalue weighted by Gasteiger charge is -2.42. The number of unbranched alkanes of at least 4 members (excludes halogenated alkanes) is 4. The topological polar surface area (TPSA) is 15.3 Å². The van der Waals surface area contributed by atoms with Gasteiger partial charge in [-0.1, -0.05) is 46.5 Å². The largest absolute Gasteiger partial charge is 0.311 e. The van der Waals surface area contributed by atoms with Crippen LogP contribution in [0.1, 0.15) is 65.7 Å². The molecule has 0 aromatic heterocycles. The molecule has 2 aliphatic rings. The second-order valence-electron chi connectivity index (χ2n) is 7.07. The van der Waals surface area contributed by atoms with Gasteiger partial charge in [0.25, 0.3) is 0 Å². The molecule has 0 radical (unpaired) electrons. The van der Waals surface area contributed by atoms with Gasteiger partial charge >= 0.3 is 0 Å². The zero-order valence-corrected chi connectivity index (χ0v) is 13.3. The van der Waals surface area contributed by atoms with E-state index in [0.29, 0.717) is 6.04 Å². The molecule has 2 fully saturated rings. The number of hydrogen-bond donors (Lipinski definition) is 1. The Hall–Kier alpha value is -0.0800. The first-order chi connectivity index (χ1) is 9.22. The number of rotatable bonds is 8. The molecule has 1 heterocycles. The van der Waals surface area contributed by atoms with Gasteiger partial charge in [-0.15, -0.1) is 0 Å². The average molecular weight is 266 g/mol. The lowest BCUT2D eigenvalue weighted by atomic mass is 9.97. The second-order valence-corrected chi connectivity index (χ2v) is 7.07. The van der Waals surface area contributed by atoms with E-state index >= 15 is 0 Å². The molecule has 112 valence electrons. The predicted octanol–water partition coefficient (Wildman–Crippen LogP) is 3.67. The maximum Gasteiger partial charge on any atom is 0.0249 e. The van der Waals surface area contributed by atoms with E-state index in [-0.39, 0.29) is 0 Å². The first-order valence-corrected chi connectivity index (χ1v) is 8.69. The van der Waals surface area contributed by atoms with Crippen LogP contribution in [-0.2, 0) is 0 Å². The molecule has 2 nitrogen and oxygen atoms in total. The lowest BCUT2D eigenvalue weighted by molar-refractivity contribution is 0.0977. The van der Waals surface area contributed by atoms with Gasteiger partial charge in [-0.3, -0.25) is 4.90 Å². The van der Waals surface area contributed by atoms with E-state index in [1.165, 1.54) is 64.6 Å². The molecular weight excluding hydrogens is 232 g/mol. The van der Waals surface area contributed by atoms with Crippen LogP contribution in [0, 0.1) is 11.8 Å².